The minimum Gasteiger partial charge on any atom is -0.497 e. The molecule has 1 N–H and O–H groups in total. The predicted molar refractivity (Wildman–Crippen MR) is 118 cm³/mol. The Morgan fingerprint density at radius 2 is 1.90 bits per heavy atom. The van der Waals surface area contributed by atoms with Crippen LogP contribution in [0.1, 0.15) is 18.2 Å². The van der Waals surface area contributed by atoms with E-state index in [4.69, 9.17) is 21.1 Å². The summed E-state index contributed by atoms with van der Waals surface area (Å²) in [5.74, 6) is 1.30. The quantitative estimate of drug-likeness (QED) is 0.438. The number of halogens is 1. The first-order valence-corrected chi connectivity index (χ1v) is 9.90. The first-order valence-electron chi connectivity index (χ1n) is 9.53. The largest absolute Gasteiger partial charge is 0.497 e. The van der Waals surface area contributed by atoms with Gasteiger partial charge < -0.3 is 14.8 Å². The fourth-order valence-corrected chi connectivity index (χ4v) is 3.27. The van der Waals surface area contributed by atoms with Crippen LogP contribution in [0.2, 0.25) is 5.15 Å². The molecule has 2 heterocycles. The number of amides is 1. The van der Waals surface area contributed by atoms with E-state index in [0.717, 1.165) is 22.2 Å². The summed E-state index contributed by atoms with van der Waals surface area (Å²) < 4.78 is 12.7. The van der Waals surface area contributed by atoms with E-state index < -0.39 is 0 Å². The van der Waals surface area contributed by atoms with E-state index in [2.05, 4.69) is 20.6 Å². The molecular formula is C22H20ClN5O3. The maximum absolute atomic E-state index is 11.1. The Bertz CT molecular complexity index is 1220. The van der Waals surface area contributed by atoms with E-state index in [9.17, 15) is 4.79 Å². The van der Waals surface area contributed by atoms with E-state index in [-0.39, 0.29) is 12.5 Å². The Labute approximate surface area is 183 Å². The number of nitrogens with zero attached hydrogens (tertiary/aromatic N) is 4. The third-order valence-electron chi connectivity index (χ3n) is 4.53. The van der Waals surface area contributed by atoms with E-state index in [1.165, 1.54) is 6.92 Å². The minimum atomic E-state index is -0.119. The lowest BCUT2D eigenvalue weighted by Crippen LogP contribution is -2.05. The summed E-state index contributed by atoms with van der Waals surface area (Å²) >= 11 is 6.36. The molecule has 2 aromatic carbocycles. The average Bonchev–Trinajstić information content (AvgIpc) is 3.20. The molecule has 8 nitrogen and oxygen atoms in total. The number of nitrogens with one attached hydrogen (secondary N) is 1. The summed E-state index contributed by atoms with van der Waals surface area (Å²) in [6.07, 6.45) is 1.80. The van der Waals surface area contributed by atoms with Crippen molar-refractivity contribution in [3.8, 4) is 11.5 Å². The van der Waals surface area contributed by atoms with E-state index in [0.29, 0.717) is 28.8 Å². The van der Waals surface area contributed by atoms with Crippen molar-refractivity contribution in [2.75, 3.05) is 12.4 Å². The summed E-state index contributed by atoms with van der Waals surface area (Å²) in [5.41, 5.74) is 3.02. The minimum absolute atomic E-state index is 0.119. The first kappa shape index (κ1) is 20.6. The molecule has 0 spiro atoms. The van der Waals surface area contributed by atoms with Gasteiger partial charge in [-0.25, -0.2) is 9.67 Å². The smallest absolute Gasteiger partial charge is 0.221 e. The number of hydrogen-bond donors (Lipinski definition) is 1. The number of carbonyl (C=O) groups excluding carboxylic acids is 1. The lowest BCUT2D eigenvalue weighted by molar-refractivity contribution is -0.114. The van der Waals surface area contributed by atoms with Crippen LogP contribution in [0.3, 0.4) is 0 Å². The molecule has 9 heteroatoms. The third kappa shape index (κ3) is 5.10. The molecule has 4 aromatic rings. The SMILES string of the molecule is COc1ccc2nc(Cl)c(Cn3cc(COc4ccc(NC(C)=O)cc4)nn3)cc2c1. The van der Waals surface area contributed by atoms with Crippen LogP contribution in [0.25, 0.3) is 10.9 Å². The lowest BCUT2D eigenvalue weighted by Gasteiger charge is -2.07. The second-order valence-corrected chi connectivity index (χ2v) is 7.26. The van der Waals surface area contributed by atoms with Gasteiger partial charge in [-0.05, 0) is 48.5 Å². The van der Waals surface area contributed by atoms with Crippen LogP contribution in [0.15, 0.2) is 54.7 Å². The van der Waals surface area contributed by atoms with Crippen LogP contribution in [0, 0.1) is 0 Å². The number of rotatable bonds is 7. The number of aromatic nitrogens is 4. The Hall–Kier alpha value is -3.65. The first-order chi connectivity index (χ1) is 15.0. The van der Waals surface area contributed by atoms with Crippen molar-refractivity contribution in [3.63, 3.8) is 0 Å². The molecule has 0 saturated heterocycles. The highest BCUT2D eigenvalue weighted by Crippen LogP contribution is 2.25. The van der Waals surface area contributed by atoms with Gasteiger partial charge in [-0.2, -0.15) is 0 Å². The molecule has 0 unspecified atom stereocenters. The molecule has 0 bridgehead atoms. The van der Waals surface area contributed by atoms with Crippen molar-refractivity contribution in [3.05, 3.63) is 71.1 Å². The molecule has 1 amide bonds. The van der Waals surface area contributed by atoms with Crippen LogP contribution in [-0.2, 0) is 17.9 Å². The molecule has 31 heavy (non-hydrogen) atoms. The Kier molecular flexibility index (Phi) is 5.99. The number of hydrogen-bond acceptors (Lipinski definition) is 6. The summed E-state index contributed by atoms with van der Waals surface area (Å²) in [7, 11) is 1.63. The molecule has 0 saturated carbocycles. The van der Waals surface area contributed by atoms with Crippen molar-refractivity contribution in [1.82, 2.24) is 20.0 Å². The molecule has 4 rings (SSSR count). The molecule has 0 aliphatic carbocycles. The Morgan fingerprint density at radius 3 is 2.65 bits per heavy atom. The second kappa shape index (κ2) is 9.01. The average molecular weight is 438 g/mol. The predicted octanol–water partition coefficient (Wildman–Crippen LogP) is 4.07. The third-order valence-corrected chi connectivity index (χ3v) is 4.86. The maximum atomic E-state index is 11.1. The van der Waals surface area contributed by atoms with Gasteiger partial charge in [0.05, 0.1) is 25.4 Å². The van der Waals surface area contributed by atoms with Gasteiger partial charge in [-0.3, -0.25) is 4.79 Å². The second-order valence-electron chi connectivity index (χ2n) is 6.90. The zero-order chi connectivity index (χ0) is 21.8. The fraction of sp³-hybridized carbons (Fsp3) is 0.182. The number of benzene rings is 2. The van der Waals surface area contributed by atoms with E-state index in [1.54, 1.807) is 42.3 Å². The zero-order valence-electron chi connectivity index (χ0n) is 17.0. The highest BCUT2D eigenvalue weighted by Gasteiger charge is 2.09. The van der Waals surface area contributed by atoms with Crippen LogP contribution in [0.5, 0.6) is 11.5 Å². The van der Waals surface area contributed by atoms with Crippen molar-refractivity contribution < 1.29 is 14.3 Å². The van der Waals surface area contributed by atoms with Gasteiger partial charge in [0.2, 0.25) is 5.91 Å². The highest BCUT2D eigenvalue weighted by atomic mass is 35.5. The van der Waals surface area contributed by atoms with Crippen LogP contribution < -0.4 is 14.8 Å². The molecule has 0 radical (unpaired) electrons. The maximum Gasteiger partial charge on any atom is 0.221 e. The number of pyridine rings is 1. The molecule has 0 atom stereocenters. The number of carbonyl (C=O) groups is 1. The molecule has 0 fully saturated rings. The van der Waals surface area contributed by atoms with Crippen LogP contribution in [-0.4, -0.2) is 33.0 Å². The summed E-state index contributed by atoms with van der Waals surface area (Å²) in [5, 5.41) is 12.4. The standard InChI is InChI=1S/C22H20ClN5O3/c1-14(29)24-17-3-5-19(6-4-17)31-13-18-12-28(27-26-18)11-16-9-15-10-20(30-2)7-8-21(15)25-22(16)23/h3-10,12H,11,13H2,1-2H3,(H,24,29). The Balaban J connectivity index is 1.42. The monoisotopic (exact) mass is 437 g/mol. The van der Waals surface area contributed by atoms with Crippen molar-refractivity contribution >= 4 is 34.1 Å². The summed E-state index contributed by atoms with van der Waals surface area (Å²) in [6, 6.07) is 14.7. The van der Waals surface area contributed by atoms with Gasteiger partial charge in [0.25, 0.3) is 0 Å². The topological polar surface area (TPSA) is 91.2 Å². The highest BCUT2D eigenvalue weighted by molar-refractivity contribution is 6.30. The van der Waals surface area contributed by atoms with Crippen LogP contribution in [0.4, 0.5) is 5.69 Å². The molecule has 2 aromatic heterocycles. The molecule has 0 aliphatic heterocycles. The Morgan fingerprint density at radius 1 is 1.13 bits per heavy atom. The normalized spacial score (nSPS) is 10.8. The summed E-state index contributed by atoms with van der Waals surface area (Å²) in [4.78, 5) is 15.5. The molecule has 0 aliphatic rings. The van der Waals surface area contributed by atoms with E-state index in [1.807, 2.05) is 24.3 Å². The summed E-state index contributed by atoms with van der Waals surface area (Å²) in [6.45, 7) is 2.16. The van der Waals surface area contributed by atoms with Gasteiger partial charge >= 0.3 is 0 Å². The lowest BCUT2D eigenvalue weighted by atomic mass is 10.1. The zero-order valence-corrected chi connectivity index (χ0v) is 17.8. The van der Waals surface area contributed by atoms with Gasteiger partial charge in [0.1, 0.15) is 29.0 Å². The van der Waals surface area contributed by atoms with Gasteiger partial charge in [0.15, 0.2) is 0 Å². The van der Waals surface area contributed by atoms with Crippen molar-refractivity contribution in [1.29, 1.82) is 0 Å². The molecular weight excluding hydrogens is 418 g/mol. The van der Waals surface area contributed by atoms with Crippen LogP contribution >= 0.6 is 11.6 Å². The number of fused-ring (bicyclic) bond motifs is 1. The van der Waals surface area contributed by atoms with Gasteiger partial charge in [-0.15, -0.1) is 5.10 Å². The van der Waals surface area contributed by atoms with E-state index >= 15 is 0 Å². The van der Waals surface area contributed by atoms with Gasteiger partial charge in [0, 0.05) is 23.6 Å². The number of anilines is 1. The molecule has 158 valence electrons. The van der Waals surface area contributed by atoms with Gasteiger partial charge in [-0.1, -0.05) is 16.8 Å². The van der Waals surface area contributed by atoms with Crippen molar-refractivity contribution in [2.24, 2.45) is 0 Å². The van der Waals surface area contributed by atoms with Crippen molar-refractivity contribution in [2.45, 2.75) is 20.1 Å². The number of ether oxygens (including phenoxy) is 2. The number of methoxy groups -OCH3 is 1. The fourth-order valence-electron chi connectivity index (χ4n) is 3.06.